The van der Waals surface area contributed by atoms with E-state index in [4.69, 9.17) is 9.84 Å². The van der Waals surface area contributed by atoms with Gasteiger partial charge in [-0.15, -0.1) is 0 Å². The number of aliphatic hydroxyl groups is 1. The van der Waals surface area contributed by atoms with E-state index in [2.05, 4.69) is 28.2 Å². The highest BCUT2D eigenvalue weighted by molar-refractivity contribution is 9.10. The molecule has 0 bridgehead atoms. The Kier molecular flexibility index (Phi) is 8.38. The van der Waals surface area contributed by atoms with Crippen LogP contribution in [0, 0.1) is 12.8 Å². The first-order valence-electron chi connectivity index (χ1n) is 7.33. The predicted molar refractivity (Wildman–Crippen MR) is 87.5 cm³/mol. The Morgan fingerprint density at radius 3 is 2.81 bits per heavy atom. The van der Waals surface area contributed by atoms with Crippen LogP contribution < -0.4 is 10.1 Å². The molecule has 0 aliphatic heterocycles. The molecular weight excluding hydrogens is 334 g/mol. The van der Waals surface area contributed by atoms with Crippen molar-refractivity contribution in [3.05, 3.63) is 28.2 Å². The number of aryl methyl sites for hydroxylation is 1. The molecule has 1 amide bonds. The number of ether oxygens (including phenoxy) is 1. The minimum atomic E-state index is -0.137. The fourth-order valence-corrected chi connectivity index (χ4v) is 2.72. The molecule has 0 aliphatic rings. The van der Waals surface area contributed by atoms with Crippen LogP contribution in [0.15, 0.2) is 22.7 Å². The van der Waals surface area contributed by atoms with E-state index in [1.165, 1.54) is 0 Å². The molecule has 0 saturated heterocycles. The summed E-state index contributed by atoms with van der Waals surface area (Å²) in [7, 11) is 0. The molecular formula is C16H24BrNO3. The predicted octanol–water partition coefficient (Wildman–Crippen LogP) is 3.05. The van der Waals surface area contributed by atoms with Gasteiger partial charge in [0.05, 0.1) is 4.47 Å². The molecule has 1 aromatic rings. The molecule has 0 fully saturated rings. The van der Waals surface area contributed by atoms with Crippen molar-refractivity contribution in [3.8, 4) is 5.75 Å². The molecule has 0 aromatic heterocycles. The third-order valence-electron chi connectivity index (χ3n) is 3.27. The minimum absolute atomic E-state index is 0.000366. The normalized spacial score (nSPS) is 12.0. The van der Waals surface area contributed by atoms with Crippen molar-refractivity contribution in [1.29, 1.82) is 0 Å². The van der Waals surface area contributed by atoms with Crippen LogP contribution in [0.25, 0.3) is 0 Å². The molecule has 118 valence electrons. The number of hydrogen-bond acceptors (Lipinski definition) is 3. The summed E-state index contributed by atoms with van der Waals surface area (Å²) in [5, 5.41) is 11.9. The first-order chi connectivity index (χ1) is 10.1. The number of hydrogen-bond donors (Lipinski definition) is 2. The number of carbonyl (C=O) groups is 1. The average Bonchev–Trinajstić information content (AvgIpc) is 2.44. The van der Waals surface area contributed by atoms with Gasteiger partial charge in [-0.05, 0) is 59.3 Å². The summed E-state index contributed by atoms with van der Waals surface area (Å²) in [5.41, 5.74) is 1.13. The van der Waals surface area contributed by atoms with E-state index in [-0.39, 0.29) is 19.1 Å². The van der Waals surface area contributed by atoms with E-state index in [1.807, 2.05) is 25.1 Å². The van der Waals surface area contributed by atoms with Crippen LogP contribution in [-0.2, 0) is 4.79 Å². The molecule has 0 spiro atoms. The van der Waals surface area contributed by atoms with Crippen molar-refractivity contribution in [1.82, 2.24) is 5.32 Å². The topological polar surface area (TPSA) is 58.6 Å². The van der Waals surface area contributed by atoms with Gasteiger partial charge in [0.1, 0.15) is 5.75 Å². The second kappa shape index (κ2) is 9.79. The summed E-state index contributed by atoms with van der Waals surface area (Å²) in [5.74, 6) is 0.854. The summed E-state index contributed by atoms with van der Waals surface area (Å²) in [6, 6.07) is 5.74. The zero-order valence-electron chi connectivity index (χ0n) is 12.7. The fraction of sp³-hybridized carbons (Fsp3) is 0.562. The maximum absolute atomic E-state index is 11.8. The van der Waals surface area contributed by atoms with E-state index in [0.717, 1.165) is 29.3 Å². The lowest BCUT2D eigenvalue weighted by Crippen LogP contribution is -2.33. The molecule has 1 aromatic carbocycles. The van der Waals surface area contributed by atoms with Crippen LogP contribution in [0.5, 0.6) is 5.75 Å². The lowest BCUT2D eigenvalue weighted by molar-refractivity contribution is -0.123. The third-order valence-corrected chi connectivity index (χ3v) is 3.89. The average molecular weight is 358 g/mol. The van der Waals surface area contributed by atoms with Crippen LogP contribution in [-0.4, -0.2) is 30.8 Å². The summed E-state index contributed by atoms with van der Waals surface area (Å²) < 4.78 is 6.34. The Bertz CT molecular complexity index is 445. The Morgan fingerprint density at radius 1 is 1.43 bits per heavy atom. The first kappa shape index (κ1) is 18.0. The van der Waals surface area contributed by atoms with Gasteiger partial charge in [-0.25, -0.2) is 0 Å². The molecule has 0 saturated carbocycles. The molecule has 0 aliphatic carbocycles. The number of benzene rings is 1. The Morgan fingerprint density at radius 2 is 2.19 bits per heavy atom. The smallest absolute Gasteiger partial charge is 0.257 e. The standard InChI is InChI=1S/C16H24BrNO3/c1-3-4-13(7-8-19)10-18-16(20)11-21-15-6-5-12(2)9-14(15)17/h5-6,9,13,19H,3-4,7-8,10-11H2,1-2H3,(H,18,20). The monoisotopic (exact) mass is 357 g/mol. The summed E-state index contributed by atoms with van der Waals surface area (Å²) in [6.45, 7) is 4.85. The van der Waals surface area contributed by atoms with Crippen LogP contribution >= 0.6 is 15.9 Å². The molecule has 0 heterocycles. The minimum Gasteiger partial charge on any atom is -0.483 e. The van der Waals surface area contributed by atoms with Crippen molar-refractivity contribution in [2.24, 2.45) is 5.92 Å². The first-order valence-corrected chi connectivity index (χ1v) is 8.12. The molecule has 1 rings (SSSR count). The number of aliphatic hydroxyl groups excluding tert-OH is 1. The van der Waals surface area contributed by atoms with Crippen LogP contribution in [0.1, 0.15) is 31.7 Å². The zero-order valence-corrected chi connectivity index (χ0v) is 14.3. The van der Waals surface area contributed by atoms with Gasteiger partial charge in [0.2, 0.25) is 0 Å². The summed E-state index contributed by atoms with van der Waals surface area (Å²) >= 11 is 3.42. The van der Waals surface area contributed by atoms with E-state index in [0.29, 0.717) is 18.2 Å². The maximum Gasteiger partial charge on any atom is 0.257 e. The number of halogens is 1. The fourth-order valence-electron chi connectivity index (χ4n) is 2.11. The van der Waals surface area contributed by atoms with Crippen LogP contribution in [0.3, 0.4) is 0 Å². The molecule has 2 N–H and O–H groups in total. The van der Waals surface area contributed by atoms with Gasteiger partial charge in [0, 0.05) is 13.2 Å². The van der Waals surface area contributed by atoms with Crippen molar-refractivity contribution in [3.63, 3.8) is 0 Å². The summed E-state index contributed by atoms with van der Waals surface area (Å²) in [4.78, 5) is 11.8. The number of amides is 1. The molecule has 1 atom stereocenters. The van der Waals surface area contributed by atoms with Crippen LogP contribution in [0.4, 0.5) is 0 Å². The van der Waals surface area contributed by atoms with Gasteiger partial charge >= 0.3 is 0 Å². The highest BCUT2D eigenvalue weighted by Gasteiger charge is 2.10. The molecule has 21 heavy (non-hydrogen) atoms. The number of nitrogens with one attached hydrogen (secondary N) is 1. The third kappa shape index (κ3) is 6.96. The van der Waals surface area contributed by atoms with Gasteiger partial charge in [-0.3, -0.25) is 4.79 Å². The maximum atomic E-state index is 11.8. The Balaban J connectivity index is 2.36. The lowest BCUT2D eigenvalue weighted by Gasteiger charge is -2.16. The molecule has 4 nitrogen and oxygen atoms in total. The van der Waals surface area contributed by atoms with Crippen molar-refractivity contribution < 1.29 is 14.6 Å². The Hall–Kier alpha value is -1.07. The number of rotatable bonds is 9. The van der Waals surface area contributed by atoms with E-state index in [1.54, 1.807) is 0 Å². The highest BCUT2D eigenvalue weighted by Crippen LogP contribution is 2.25. The Labute approximate surface area is 135 Å². The second-order valence-electron chi connectivity index (χ2n) is 5.19. The van der Waals surface area contributed by atoms with Gasteiger partial charge in [-0.1, -0.05) is 19.4 Å². The largest absolute Gasteiger partial charge is 0.483 e. The van der Waals surface area contributed by atoms with Crippen molar-refractivity contribution >= 4 is 21.8 Å². The SMILES string of the molecule is CCCC(CCO)CNC(=O)COc1ccc(C)cc1Br. The van der Waals surface area contributed by atoms with Gasteiger partial charge in [0.15, 0.2) is 6.61 Å². The van der Waals surface area contributed by atoms with E-state index < -0.39 is 0 Å². The quantitative estimate of drug-likeness (QED) is 0.713. The summed E-state index contributed by atoms with van der Waals surface area (Å²) in [6.07, 6.45) is 2.77. The highest BCUT2D eigenvalue weighted by atomic mass is 79.9. The van der Waals surface area contributed by atoms with Gasteiger partial charge in [0.25, 0.3) is 5.91 Å². The zero-order chi connectivity index (χ0) is 15.7. The van der Waals surface area contributed by atoms with Crippen molar-refractivity contribution in [2.75, 3.05) is 19.8 Å². The molecule has 1 unspecified atom stereocenters. The van der Waals surface area contributed by atoms with Gasteiger partial charge in [-0.2, -0.15) is 0 Å². The lowest BCUT2D eigenvalue weighted by atomic mass is 10.0. The second-order valence-corrected chi connectivity index (χ2v) is 6.05. The van der Waals surface area contributed by atoms with E-state index >= 15 is 0 Å². The molecule has 0 radical (unpaired) electrons. The number of carbonyl (C=O) groups excluding carboxylic acids is 1. The van der Waals surface area contributed by atoms with E-state index in [9.17, 15) is 4.79 Å². The molecule has 5 heteroatoms. The van der Waals surface area contributed by atoms with Crippen LogP contribution in [0.2, 0.25) is 0 Å². The van der Waals surface area contributed by atoms with Gasteiger partial charge < -0.3 is 15.2 Å². The van der Waals surface area contributed by atoms with Crippen molar-refractivity contribution in [2.45, 2.75) is 33.1 Å².